The minimum Gasteiger partial charge on any atom is -0.329 e. The fraction of sp³-hybridized carbons (Fsp3) is 0.417. The average molecular weight is 240 g/mol. The van der Waals surface area contributed by atoms with Crippen LogP contribution in [0, 0.1) is 17.0 Å². The molecule has 0 aromatic heterocycles. The molecule has 1 amide bonds. The number of hydrogen-bond acceptors (Lipinski definition) is 2. The third-order valence-electron chi connectivity index (χ3n) is 3.29. The van der Waals surface area contributed by atoms with Gasteiger partial charge in [-0.05, 0) is 25.0 Å². The molecule has 2 rings (SSSR count). The normalized spacial score (nSPS) is 16.7. The van der Waals surface area contributed by atoms with Gasteiger partial charge in [-0.2, -0.15) is 0 Å². The van der Waals surface area contributed by atoms with Gasteiger partial charge >= 0.3 is 0 Å². The van der Waals surface area contributed by atoms with Crippen LogP contribution in [0.4, 0.5) is 14.5 Å². The van der Waals surface area contributed by atoms with Gasteiger partial charge in [0.15, 0.2) is 11.6 Å². The van der Waals surface area contributed by atoms with Crippen LogP contribution < -0.4 is 10.6 Å². The van der Waals surface area contributed by atoms with Crippen molar-refractivity contribution in [1.82, 2.24) is 0 Å². The molecule has 1 aromatic rings. The van der Waals surface area contributed by atoms with E-state index in [4.69, 9.17) is 5.73 Å². The van der Waals surface area contributed by atoms with Crippen molar-refractivity contribution in [2.24, 2.45) is 11.1 Å². The molecule has 0 aliphatic heterocycles. The first-order valence-electron chi connectivity index (χ1n) is 5.43. The van der Waals surface area contributed by atoms with Gasteiger partial charge in [0.1, 0.15) is 0 Å². The van der Waals surface area contributed by atoms with Crippen LogP contribution in [0.25, 0.3) is 0 Å². The first-order chi connectivity index (χ1) is 8.00. The summed E-state index contributed by atoms with van der Waals surface area (Å²) in [5.74, 6) is -2.01. The Balaban J connectivity index is 2.22. The van der Waals surface area contributed by atoms with E-state index >= 15 is 0 Å². The van der Waals surface area contributed by atoms with Crippen LogP contribution in [-0.2, 0) is 4.79 Å². The van der Waals surface area contributed by atoms with E-state index in [1.54, 1.807) is 7.05 Å². The number of anilines is 1. The van der Waals surface area contributed by atoms with Gasteiger partial charge in [0, 0.05) is 25.3 Å². The van der Waals surface area contributed by atoms with Gasteiger partial charge in [-0.3, -0.25) is 4.79 Å². The standard InChI is InChI=1S/C12H14F2N2O/c1-16(11(17)12(7-15)4-5-12)8-2-3-9(13)10(14)6-8/h2-3,6H,4-5,7,15H2,1H3. The lowest BCUT2D eigenvalue weighted by atomic mass is 10.1. The van der Waals surface area contributed by atoms with E-state index in [0.29, 0.717) is 12.2 Å². The monoisotopic (exact) mass is 240 g/mol. The Morgan fingerprint density at radius 1 is 1.41 bits per heavy atom. The molecule has 1 aromatic carbocycles. The summed E-state index contributed by atoms with van der Waals surface area (Å²) in [6.07, 6.45) is 1.52. The molecule has 1 saturated carbocycles. The number of carbonyl (C=O) groups is 1. The Hall–Kier alpha value is -1.49. The van der Waals surface area contributed by atoms with E-state index < -0.39 is 17.0 Å². The molecule has 1 fully saturated rings. The van der Waals surface area contributed by atoms with Crippen molar-refractivity contribution >= 4 is 11.6 Å². The third-order valence-corrected chi connectivity index (χ3v) is 3.29. The van der Waals surface area contributed by atoms with Gasteiger partial charge in [0.25, 0.3) is 0 Å². The van der Waals surface area contributed by atoms with E-state index in [1.165, 1.54) is 11.0 Å². The highest BCUT2D eigenvalue weighted by Gasteiger charge is 2.50. The zero-order valence-corrected chi connectivity index (χ0v) is 9.54. The van der Waals surface area contributed by atoms with Gasteiger partial charge in [0.2, 0.25) is 5.91 Å². The summed E-state index contributed by atoms with van der Waals surface area (Å²) in [4.78, 5) is 13.4. The summed E-state index contributed by atoms with van der Waals surface area (Å²) in [6, 6.07) is 3.40. The molecule has 1 aliphatic rings. The van der Waals surface area contributed by atoms with Crippen LogP contribution in [0.5, 0.6) is 0 Å². The van der Waals surface area contributed by atoms with E-state index in [9.17, 15) is 13.6 Å². The van der Waals surface area contributed by atoms with E-state index in [2.05, 4.69) is 0 Å². The van der Waals surface area contributed by atoms with Crippen molar-refractivity contribution in [2.75, 3.05) is 18.5 Å². The second kappa shape index (κ2) is 4.07. The van der Waals surface area contributed by atoms with Crippen LogP contribution >= 0.6 is 0 Å². The fourth-order valence-corrected chi connectivity index (χ4v) is 1.82. The molecule has 17 heavy (non-hydrogen) atoms. The summed E-state index contributed by atoms with van der Waals surface area (Å²) >= 11 is 0. The molecular weight excluding hydrogens is 226 g/mol. The molecule has 2 N–H and O–H groups in total. The van der Waals surface area contributed by atoms with Crippen molar-refractivity contribution in [3.8, 4) is 0 Å². The highest BCUT2D eigenvalue weighted by atomic mass is 19.2. The maximum absolute atomic E-state index is 13.1. The minimum atomic E-state index is -0.959. The zero-order chi connectivity index (χ0) is 12.6. The van der Waals surface area contributed by atoms with Crippen molar-refractivity contribution < 1.29 is 13.6 Å². The number of nitrogens with two attached hydrogens (primary N) is 1. The lowest BCUT2D eigenvalue weighted by molar-refractivity contribution is -0.123. The predicted molar refractivity (Wildman–Crippen MR) is 60.5 cm³/mol. The Kier molecular flexibility index (Phi) is 2.87. The molecular formula is C12H14F2N2O. The number of hydrogen-bond donors (Lipinski definition) is 1. The van der Waals surface area contributed by atoms with E-state index in [-0.39, 0.29) is 5.91 Å². The Morgan fingerprint density at radius 2 is 2.06 bits per heavy atom. The number of halogens is 2. The van der Waals surface area contributed by atoms with Gasteiger partial charge in [-0.15, -0.1) is 0 Å². The zero-order valence-electron chi connectivity index (χ0n) is 9.54. The molecule has 0 radical (unpaired) electrons. The second-order valence-corrected chi connectivity index (χ2v) is 4.45. The topological polar surface area (TPSA) is 46.3 Å². The molecule has 92 valence electrons. The molecule has 0 atom stereocenters. The number of nitrogens with zero attached hydrogens (tertiary/aromatic N) is 1. The smallest absolute Gasteiger partial charge is 0.234 e. The SMILES string of the molecule is CN(C(=O)C1(CN)CC1)c1ccc(F)c(F)c1. The maximum atomic E-state index is 13.1. The highest BCUT2D eigenvalue weighted by Crippen LogP contribution is 2.46. The van der Waals surface area contributed by atoms with Gasteiger partial charge in [-0.1, -0.05) is 0 Å². The molecule has 0 bridgehead atoms. The molecule has 0 unspecified atom stereocenters. The van der Waals surface area contributed by atoms with Crippen molar-refractivity contribution in [1.29, 1.82) is 0 Å². The molecule has 0 spiro atoms. The average Bonchev–Trinajstić information content (AvgIpc) is 3.12. The fourth-order valence-electron chi connectivity index (χ4n) is 1.82. The number of benzene rings is 1. The second-order valence-electron chi connectivity index (χ2n) is 4.45. The third kappa shape index (κ3) is 2.02. The maximum Gasteiger partial charge on any atom is 0.234 e. The Morgan fingerprint density at radius 3 is 2.53 bits per heavy atom. The van der Waals surface area contributed by atoms with Crippen LogP contribution in [-0.4, -0.2) is 19.5 Å². The van der Waals surface area contributed by atoms with Crippen molar-refractivity contribution in [3.63, 3.8) is 0 Å². The molecule has 0 saturated heterocycles. The van der Waals surface area contributed by atoms with Gasteiger partial charge in [-0.25, -0.2) is 8.78 Å². The van der Waals surface area contributed by atoms with E-state index in [1.807, 2.05) is 0 Å². The lowest BCUT2D eigenvalue weighted by Crippen LogP contribution is -2.38. The van der Waals surface area contributed by atoms with Crippen LogP contribution in [0.3, 0.4) is 0 Å². The van der Waals surface area contributed by atoms with Crippen molar-refractivity contribution in [2.45, 2.75) is 12.8 Å². The first kappa shape index (κ1) is 12.0. The number of rotatable bonds is 3. The molecule has 3 nitrogen and oxygen atoms in total. The largest absolute Gasteiger partial charge is 0.329 e. The summed E-state index contributed by atoms with van der Waals surface area (Å²) in [5.41, 5.74) is 5.41. The lowest BCUT2D eigenvalue weighted by Gasteiger charge is -2.22. The summed E-state index contributed by atoms with van der Waals surface area (Å²) < 4.78 is 25.8. The van der Waals surface area contributed by atoms with Crippen LogP contribution in [0.2, 0.25) is 0 Å². The van der Waals surface area contributed by atoms with Gasteiger partial charge < -0.3 is 10.6 Å². The minimum absolute atomic E-state index is 0.133. The van der Waals surface area contributed by atoms with Crippen LogP contribution in [0.1, 0.15) is 12.8 Å². The predicted octanol–water partition coefficient (Wildman–Crippen LogP) is 1.67. The molecule has 1 aliphatic carbocycles. The van der Waals surface area contributed by atoms with E-state index in [0.717, 1.165) is 25.0 Å². The number of carbonyl (C=O) groups excluding carboxylic acids is 1. The molecule has 0 heterocycles. The highest BCUT2D eigenvalue weighted by molar-refractivity contribution is 5.99. The summed E-state index contributed by atoms with van der Waals surface area (Å²) in [5, 5.41) is 0. The molecule has 5 heteroatoms. The van der Waals surface area contributed by atoms with Gasteiger partial charge in [0.05, 0.1) is 5.41 Å². The number of amides is 1. The summed E-state index contributed by atoms with van der Waals surface area (Å²) in [7, 11) is 1.55. The van der Waals surface area contributed by atoms with Crippen LogP contribution in [0.15, 0.2) is 18.2 Å². The quantitative estimate of drug-likeness (QED) is 0.873. The first-order valence-corrected chi connectivity index (χ1v) is 5.43. The summed E-state index contributed by atoms with van der Waals surface area (Å²) in [6.45, 7) is 0.292. The van der Waals surface area contributed by atoms with Crippen molar-refractivity contribution in [3.05, 3.63) is 29.8 Å². The Bertz CT molecular complexity index is 458. The Labute approximate surface area is 98.2 Å².